The first-order chi connectivity index (χ1) is 11.9. The Labute approximate surface area is 148 Å². The van der Waals surface area contributed by atoms with E-state index in [2.05, 4.69) is 10.5 Å². The fourth-order valence-corrected chi connectivity index (χ4v) is 2.78. The number of thioether (sulfide) groups is 1. The van der Waals surface area contributed by atoms with Crippen molar-refractivity contribution >= 4 is 41.3 Å². The highest BCUT2D eigenvalue weighted by atomic mass is 32.2. The molecule has 9 nitrogen and oxygen atoms in total. The van der Waals surface area contributed by atoms with Crippen LogP contribution in [0, 0.1) is 6.92 Å². The number of hydrogen-bond donors (Lipinski definition) is 1. The van der Waals surface area contributed by atoms with Crippen LogP contribution in [0.1, 0.15) is 25.5 Å². The number of esters is 1. The summed E-state index contributed by atoms with van der Waals surface area (Å²) in [6.07, 6.45) is 0.971. The number of imide groups is 1. The van der Waals surface area contributed by atoms with E-state index in [1.54, 1.807) is 19.9 Å². The number of nitrogens with one attached hydrogen (secondary N) is 1. The zero-order valence-corrected chi connectivity index (χ0v) is 14.8. The molecule has 0 radical (unpaired) electrons. The van der Waals surface area contributed by atoms with Crippen molar-refractivity contribution < 1.29 is 28.4 Å². The molecule has 0 aromatic carbocycles. The molecule has 1 aromatic heterocycles. The number of hydrogen-bond acceptors (Lipinski definition) is 8. The SMILES string of the molecule is Cc1cc(NC(=O)C(C)SCC(=O)OCC(=O)N2CCCC2=O)no1. The summed E-state index contributed by atoms with van der Waals surface area (Å²) in [4.78, 5) is 47.9. The van der Waals surface area contributed by atoms with Crippen LogP contribution in [0.15, 0.2) is 10.6 Å². The molecule has 25 heavy (non-hydrogen) atoms. The maximum absolute atomic E-state index is 11.9. The third-order valence-corrected chi connectivity index (χ3v) is 4.55. The summed E-state index contributed by atoms with van der Waals surface area (Å²) in [5.74, 6) is -0.935. The molecule has 1 atom stereocenters. The molecular weight excluding hydrogens is 350 g/mol. The van der Waals surface area contributed by atoms with Crippen LogP contribution in [0.4, 0.5) is 5.82 Å². The Morgan fingerprint density at radius 1 is 1.48 bits per heavy atom. The van der Waals surface area contributed by atoms with Gasteiger partial charge in [0.2, 0.25) is 11.8 Å². The second kappa shape index (κ2) is 8.65. The predicted molar refractivity (Wildman–Crippen MR) is 88.7 cm³/mol. The first-order valence-corrected chi connectivity index (χ1v) is 8.76. The molecule has 1 aliphatic rings. The number of aromatic nitrogens is 1. The first-order valence-electron chi connectivity index (χ1n) is 7.71. The van der Waals surface area contributed by atoms with Gasteiger partial charge in [0.15, 0.2) is 12.4 Å². The number of nitrogens with zero attached hydrogens (tertiary/aromatic N) is 2. The van der Waals surface area contributed by atoms with Crippen LogP contribution in [0.5, 0.6) is 0 Å². The van der Waals surface area contributed by atoms with Crippen molar-refractivity contribution in [2.75, 3.05) is 24.2 Å². The number of amides is 3. The van der Waals surface area contributed by atoms with Crippen molar-refractivity contribution in [2.45, 2.75) is 31.9 Å². The molecule has 2 heterocycles. The fourth-order valence-electron chi connectivity index (χ4n) is 2.10. The molecule has 0 aliphatic carbocycles. The fraction of sp³-hybridized carbons (Fsp3) is 0.533. The summed E-state index contributed by atoms with van der Waals surface area (Å²) in [5, 5.41) is 5.68. The molecule has 3 amide bonds. The molecule has 1 saturated heterocycles. The van der Waals surface area contributed by atoms with Gasteiger partial charge in [-0.25, -0.2) is 0 Å². The molecule has 1 unspecified atom stereocenters. The quantitative estimate of drug-likeness (QED) is 0.699. The van der Waals surface area contributed by atoms with Crippen LogP contribution >= 0.6 is 11.8 Å². The molecule has 0 spiro atoms. The van der Waals surface area contributed by atoms with Gasteiger partial charge in [-0.15, -0.1) is 11.8 Å². The summed E-state index contributed by atoms with van der Waals surface area (Å²) in [6, 6.07) is 1.58. The van der Waals surface area contributed by atoms with Crippen LogP contribution in [-0.2, 0) is 23.9 Å². The third-order valence-electron chi connectivity index (χ3n) is 3.43. The van der Waals surface area contributed by atoms with Gasteiger partial charge in [-0.3, -0.25) is 24.1 Å². The Kier molecular flexibility index (Phi) is 6.57. The minimum atomic E-state index is -0.623. The molecule has 2 rings (SSSR count). The summed E-state index contributed by atoms with van der Waals surface area (Å²) >= 11 is 1.07. The van der Waals surface area contributed by atoms with E-state index < -0.39 is 23.7 Å². The molecule has 1 aliphatic heterocycles. The smallest absolute Gasteiger partial charge is 0.316 e. The average Bonchev–Trinajstić information content (AvgIpc) is 3.18. The second-order valence-corrected chi connectivity index (χ2v) is 6.80. The highest BCUT2D eigenvalue weighted by molar-refractivity contribution is 8.01. The molecule has 10 heteroatoms. The standard InChI is InChI=1S/C15H19N3O6S/c1-9-6-11(17-24-9)16-15(22)10(2)25-8-14(21)23-7-13(20)18-5-3-4-12(18)19/h6,10H,3-5,7-8H2,1-2H3,(H,16,17,22). The zero-order chi connectivity index (χ0) is 18.4. The lowest BCUT2D eigenvalue weighted by Gasteiger charge is -2.14. The van der Waals surface area contributed by atoms with Gasteiger partial charge in [0.1, 0.15) is 5.76 Å². The normalized spacial score (nSPS) is 15.1. The first kappa shape index (κ1) is 19.0. The van der Waals surface area contributed by atoms with Gasteiger partial charge in [-0.05, 0) is 20.3 Å². The Hall–Kier alpha value is -2.36. The maximum atomic E-state index is 11.9. The summed E-state index contributed by atoms with van der Waals surface area (Å²) in [5.41, 5.74) is 0. The summed E-state index contributed by atoms with van der Waals surface area (Å²) in [6.45, 7) is 3.23. The number of aryl methyl sites for hydroxylation is 1. The van der Waals surface area contributed by atoms with Crippen molar-refractivity contribution in [1.29, 1.82) is 0 Å². The number of ether oxygens (including phenoxy) is 1. The number of carbonyl (C=O) groups excluding carboxylic acids is 4. The van der Waals surface area contributed by atoms with Crippen molar-refractivity contribution in [3.63, 3.8) is 0 Å². The highest BCUT2D eigenvalue weighted by Gasteiger charge is 2.27. The van der Waals surface area contributed by atoms with Crippen LogP contribution < -0.4 is 5.32 Å². The molecule has 1 fully saturated rings. The minimum Gasteiger partial charge on any atom is -0.455 e. The number of carbonyl (C=O) groups is 4. The van der Waals surface area contributed by atoms with E-state index >= 15 is 0 Å². The van der Waals surface area contributed by atoms with Crippen LogP contribution in [0.2, 0.25) is 0 Å². The topological polar surface area (TPSA) is 119 Å². The van der Waals surface area contributed by atoms with Gasteiger partial charge in [0, 0.05) is 19.0 Å². The van der Waals surface area contributed by atoms with Crippen molar-refractivity contribution in [3.05, 3.63) is 11.8 Å². The third kappa shape index (κ3) is 5.59. The van der Waals surface area contributed by atoms with E-state index in [0.717, 1.165) is 16.7 Å². The maximum Gasteiger partial charge on any atom is 0.316 e. The van der Waals surface area contributed by atoms with Crippen molar-refractivity contribution in [3.8, 4) is 0 Å². The zero-order valence-electron chi connectivity index (χ0n) is 13.9. The molecule has 0 saturated carbocycles. The molecule has 1 aromatic rings. The van der Waals surface area contributed by atoms with Crippen LogP contribution in [-0.4, -0.2) is 57.9 Å². The van der Waals surface area contributed by atoms with Gasteiger partial charge in [0.25, 0.3) is 5.91 Å². The van der Waals surface area contributed by atoms with E-state index in [0.29, 0.717) is 31.0 Å². The van der Waals surface area contributed by atoms with E-state index in [1.165, 1.54) is 0 Å². The van der Waals surface area contributed by atoms with E-state index in [9.17, 15) is 19.2 Å². The van der Waals surface area contributed by atoms with Gasteiger partial charge < -0.3 is 14.6 Å². The minimum absolute atomic E-state index is 0.0896. The highest BCUT2D eigenvalue weighted by Crippen LogP contribution is 2.15. The van der Waals surface area contributed by atoms with E-state index in [4.69, 9.17) is 9.26 Å². The number of anilines is 1. The lowest BCUT2D eigenvalue weighted by molar-refractivity contribution is -0.153. The monoisotopic (exact) mass is 369 g/mol. The number of rotatable bonds is 7. The molecule has 0 bridgehead atoms. The summed E-state index contributed by atoms with van der Waals surface area (Å²) in [7, 11) is 0. The predicted octanol–water partition coefficient (Wildman–Crippen LogP) is 0.735. The second-order valence-electron chi connectivity index (χ2n) is 5.47. The van der Waals surface area contributed by atoms with E-state index in [-0.39, 0.29) is 17.6 Å². The van der Waals surface area contributed by atoms with E-state index in [1.807, 2.05) is 0 Å². The lowest BCUT2D eigenvalue weighted by atomic mass is 10.4. The Bertz CT molecular complexity index is 674. The van der Waals surface area contributed by atoms with Gasteiger partial charge in [-0.1, -0.05) is 5.16 Å². The van der Waals surface area contributed by atoms with Gasteiger partial charge >= 0.3 is 5.97 Å². The number of likely N-dealkylation sites (tertiary alicyclic amines) is 1. The van der Waals surface area contributed by atoms with Crippen molar-refractivity contribution in [2.24, 2.45) is 0 Å². The lowest BCUT2D eigenvalue weighted by Crippen LogP contribution is -2.35. The average molecular weight is 369 g/mol. The Morgan fingerprint density at radius 3 is 2.84 bits per heavy atom. The molecular formula is C15H19N3O6S. The van der Waals surface area contributed by atoms with Gasteiger partial charge in [0.05, 0.1) is 11.0 Å². The van der Waals surface area contributed by atoms with Crippen LogP contribution in [0.3, 0.4) is 0 Å². The summed E-state index contributed by atoms with van der Waals surface area (Å²) < 4.78 is 9.70. The molecule has 136 valence electrons. The Balaban J connectivity index is 1.67. The Morgan fingerprint density at radius 2 is 2.24 bits per heavy atom. The largest absolute Gasteiger partial charge is 0.455 e. The molecule has 1 N–H and O–H groups in total. The van der Waals surface area contributed by atoms with Crippen LogP contribution in [0.25, 0.3) is 0 Å². The van der Waals surface area contributed by atoms with Gasteiger partial charge in [-0.2, -0.15) is 0 Å². The van der Waals surface area contributed by atoms with Crippen molar-refractivity contribution in [1.82, 2.24) is 10.1 Å².